The number of ether oxygens (including phenoxy) is 1. The number of methoxy groups -OCH3 is 1. The van der Waals surface area contributed by atoms with Gasteiger partial charge in [0.2, 0.25) is 5.91 Å². The molecular formula is C36H41N5O4S. The van der Waals surface area contributed by atoms with Crippen LogP contribution in [-0.4, -0.2) is 41.8 Å². The van der Waals surface area contributed by atoms with E-state index < -0.39 is 11.9 Å². The van der Waals surface area contributed by atoms with Gasteiger partial charge in [-0.2, -0.15) is 4.37 Å². The molecule has 1 aliphatic rings. The summed E-state index contributed by atoms with van der Waals surface area (Å²) in [6, 6.07) is 21.7. The topological polar surface area (TPSA) is 127 Å². The molecule has 3 amide bonds. The standard InChI is InChI=1S/C36H41N5O4S/c1-23-20-24(2)22-28(21-23)41(36(44)33-30(37)31(40-46-33)34(42)39-27-12-8-5-9-13-27)32(26-14-16-29(45-3)17-15-26)35(43)38-19-18-25-10-6-4-7-11-25/h4,6-7,10-11,14-17,20-22,27,32H,5,8-9,12-13,18-19,37H2,1-3H3,(H,38,43)(H,39,42). The number of anilines is 2. The number of carbonyl (C=O) groups is 3. The minimum Gasteiger partial charge on any atom is -0.497 e. The Balaban J connectivity index is 1.52. The number of hydrogen-bond acceptors (Lipinski definition) is 7. The maximum atomic E-state index is 14.6. The van der Waals surface area contributed by atoms with Gasteiger partial charge in [0, 0.05) is 18.3 Å². The predicted octanol–water partition coefficient (Wildman–Crippen LogP) is 6.16. The molecule has 1 unspecified atom stereocenters. The van der Waals surface area contributed by atoms with Gasteiger partial charge in [0.1, 0.15) is 16.7 Å². The predicted molar refractivity (Wildman–Crippen MR) is 182 cm³/mol. The SMILES string of the molecule is COc1ccc(C(C(=O)NCCc2ccccc2)N(C(=O)c2snc(C(=O)NC3CCCCC3)c2N)c2cc(C)cc(C)c2)cc1. The Labute approximate surface area is 274 Å². The number of nitrogens with one attached hydrogen (secondary N) is 2. The molecule has 46 heavy (non-hydrogen) atoms. The van der Waals surface area contributed by atoms with E-state index in [0.717, 1.165) is 60.3 Å². The van der Waals surface area contributed by atoms with Crippen molar-refractivity contribution in [3.8, 4) is 5.75 Å². The molecule has 1 heterocycles. The first kappa shape index (κ1) is 32.7. The molecule has 1 saturated carbocycles. The Morgan fingerprint density at radius 2 is 1.65 bits per heavy atom. The maximum absolute atomic E-state index is 14.6. The summed E-state index contributed by atoms with van der Waals surface area (Å²) in [5, 5.41) is 6.10. The van der Waals surface area contributed by atoms with Gasteiger partial charge >= 0.3 is 0 Å². The van der Waals surface area contributed by atoms with Gasteiger partial charge < -0.3 is 21.1 Å². The second kappa shape index (κ2) is 15.1. The Kier molecular flexibility index (Phi) is 10.7. The monoisotopic (exact) mass is 639 g/mol. The van der Waals surface area contributed by atoms with Crippen LogP contribution in [0.3, 0.4) is 0 Å². The van der Waals surface area contributed by atoms with Crippen molar-refractivity contribution in [2.75, 3.05) is 24.3 Å². The lowest BCUT2D eigenvalue weighted by Gasteiger charge is -2.32. The zero-order valence-corrected chi connectivity index (χ0v) is 27.4. The van der Waals surface area contributed by atoms with Gasteiger partial charge in [-0.05, 0) is 91.2 Å². The number of benzene rings is 3. The maximum Gasteiger partial charge on any atom is 0.273 e. The number of nitrogen functional groups attached to an aromatic ring is 1. The molecule has 10 heteroatoms. The number of nitrogens with zero attached hydrogens (tertiary/aromatic N) is 2. The number of aromatic nitrogens is 1. The van der Waals surface area contributed by atoms with Crippen molar-refractivity contribution in [1.29, 1.82) is 0 Å². The second-order valence-corrected chi connectivity index (χ2v) is 12.6. The summed E-state index contributed by atoms with van der Waals surface area (Å²) in [4.78, 5) is 43.6. The third-order valence-electron chi connectivity index (χ3n) is 8.27. The van der Waals surface area contributed by atoms with Crippen LogP contribution in [0.15, 0.2) is 72.8 Å². The lowest BCUT2D eigenvalue weighted by molar-refractivity contribution is -0.122. The lowest BCUT2D eigenvalue weighted by atomic mass is 9.95. The van der Waals surface area contributed by atoms with Crippen LogP contribution in [0.5, 0.6) is 5.75 Å². The lowest BCUT2D eigenvalue weighted by Crippen LogP contribution is -2.44. The molecule has 240 valence electrons. The van der Waals surface area contributed by atoms with Gasteiger partial charge in [0.15, 0.2) is 5.69 Å². The minimum atomic E-state index is -1.06. The summed E-state index contributed by atoms with van der Waals surface area (Å²) in [7, 11) is 1.57. The molecule has 0 aliphatic heterocycles. The van der Waals surface area contributed by atoms with E-state index in [4.69, 9.17) is 10.5 Å². The molecule has 5 rings (SSSR count). The molecule has 0 saturated heterocycles. The van der Waals surface area contributed by atoms with Crippen LogP contribution >= 0.6 is 11.5 Å². The average molecular weight is 640 g/mol. The fraction of sp³-hybridized carbons (Fsp3) is 0.333. The van der Waals surface area contributed by atoms with Crippen molar-refractivity contribution < 1.29 is 19.1 Å². The minimum absolute atomic E-state index is 0.00986. The van der Waals surface area contributed by atoms with Crippen molar-refractivity contribution in [1.82, 2.24) is 15.0 Å². The van der Waals surface area contributed by atoms with E-state index in [1.54, 1.807) is 31.4 Å². The van der Waals surface area contributed by atoms with Crippen molar-refractivity contribution in [3.05, 3.63) is 106 Å². The third-order valence-corrected chi connectivity index (χ3v) is 9.13. The molecular weight excluding hydrogens is 598 g/mol. The van der Waals surface area contributed by atoms with E-state index in [1.165, 1.54) is 4.90 Å². The van der Waals surface area contributed by atoms with Gasteiger partial charge in [-0.15, -0.1) is 0 Å². The van der Waals surface area contributed by atoms with Gasteiger partial charge in [0.25, 0.3) is 11.8 Å². The average Bonchev–Trinajstić information content (AvgIpc) is 3.45. The van der Waals surface area contributed by atoms with Crippen LogP contribution in [0.4, 0.5) is 11.4 Å². The molecule has 3 aromatic carbocycles. The third kappa shape index (κ3) is 7.74. The largest absolute Gasteiger partial charge is 0.497 e. The summed E-state index contributed by atoms with van der Waals surface area (Å²) in [5.41, 5.74) is 10.6. The first-order chi connectivity index (χ1) is 22.2. The highest BCUT2D eigenvalue weighted by molar-refractivity contribution is 7.09. The summed E-state index contributed by atoms with van der Waals surface area (Å²) in [6.45, 7) is 4.25. The van der Waals surface area contributed by atoms with Crippen molar-refractivity contribution in [3.63, 3.8) is 0 Å². The summed E-state index contributed by atoms with van der Waals surface area (Å²) >= 11 is 0.873. The quantitative estimate of drug-likeness (QED) is 0.180. The summed E-state index contributed by atoms with van der Waals surface area (Å²) in [5.74, 6) is -0.637. The second-order valence-electron chi connectivity index (χ2n) is 11.8. The Bertz CT molecular complexity index is 1650. The number of amides is 3. The van der Waals surface area contributed by atoms with Crippen molar-refractivity contribution in [2.24, 2.45) is 0 Å². The van der Waals surface area contributed by atoms with Gasteiger partial charge in [0.05, 0.1) is 12.8 Å². The molecule has 4 N–H and O–H groups in total. The van der Waals surface area contributed by atoms with Gasteiger partial charge in [-0.3, -0.25) is 19.3 Å². The molecule has 1 atom stereocenters. The van der Waals surface area contributed by atoms with Crippen LogP contribution in [0.1, 0.15) is 80.6 Å². The van der Waals surface area contributed by atoms with Crippen molar-refractivity contribution >= 4 is 40.6 Å². The highest BCUT2D eigenvalue weighted by Gasteiger charge is 2.36. The Hall–Kier alpha value is -4.70. The number of hydrogen-bond donors (Lipinski definition) is 3. The zero-order chi connectivity index (χ0) is 32.6. The Morgan fingerprint density at radius 3 is 2.30 bits per heavy atom. The molecule has 9 nitrogen and oxygen atoms in total. The summed E-state index contributed by atoms with van der Waals surface area (Å²) in [6.07, 6.45) is 5.72. The highest BCUT2D eigenvalue weighted by Crippen LogP contribution is 2.35. The van der Waals surface area contributed by atoms with Crippen LogP contribution in [0, 0.1) is 13.8 Å². The van der Waals surface area contributed by atoms with E-state index in [0.29, 0.717) is 30.0 Å². The van der Waals surface area contributed by atoms with Crippen LogP contribution in [0.25, 0.3) is 0 Å². The fourth-order valence-electron chi connectivity index (χ4n) is 5.97. The number of nitrogens with two attached hydrogens (primary N) is 1. The van der Waals surface area contributed by atoms with E-state index in [9.17, 15) is 14.4 Å². The molecule has 1 fully saturated rings. The molecule has 0 radical (unpaired) electrons. The van der Waals surface area contributed by atoms with E-state index >= 15 is 0 Å². The molecule has 0 spiro atoms. The van der Waals surface area contributed by atoms with Crippen LogP contribution < -0.4 is 26.0 Å². The number of carbonyl (C=O) groups excluding carboxylic acids is 3. The zero-order valence-electron chi connectivity index (χ0n) is 26.5. The number of rotatable bonds is 11. The Morgan fingerprint density at radius 1 is 0.978 bits per heavy atom. The summed E-state index contributed by atoms with van der Waals surface area (Å²) < 4.78 is 9.71. The fourth-order valence-corrected chi connectivity index (χ4v) is 6.71. The van der Waals surface area contributed by atoms with Crippen LogP contribution in [-0.2, 0) is 11.2 Å². The molecule has 0 bridgehead atoms. The molecule has 1 aromatic heterocycles. The van der Waals surface area contributed by atoms with Crippen LogP contribution in [0.2, 0.25) is 0 Å². The van der Waals surface area contributed by atoms with Gasteiger partial charge in [-0.25, -0.2) is 0 Å². The van der Waals surface area contributed by atoms with E-state index in [-0.39, 0.29) is 34.1 Å². The molecule has 1 aliphatic carbocycles. The normalized spacial score (nSPS) is 13.9. The highest BCUT2D eigenvalue weighted by atomic mass is 32.1. The smallest absolute Gasteiger partial charge is 0.273 e. The van der Waals surface area contributed by atoms with E-state index in [2.05, 4.69) is 15.0 Å². The first-order valence-electron chi connectivity index (χ1n) is 15.7. The number of aryl methyl sites for hydroxylation is 2. The van der Waals surface area contributed by atoms with Gasteiger partial charge in [-0.1, -0.05) is 67.8 Å². The first-order valence-corrected chi connectivity index (χ1v) is 16.5. The van der Waals surface area contributed by atoms with E-state index in [1.807, 2.05) is 62.4 Å². The molecule has 4 aromatic rings. The van der Waals surface area contributed by atoms with Crippen molar-refractivity contribution in [2.45, 2.75) is 64.5 Å².